The van der Waals surface area contributed by atoms with Gasteiger partial charge in [-0.15, -0.1) is 0 Å². The standard InChI is InChI=1S/C25H27N9/c1-4-34-12-11-21(32-34)29-25-28-14-18-9-10-20-22(23(18)30-25)24(33(3)31-20)17-7-5-16(6-8-17)19(13-26)15(2)27/h5-8,11-14,26H,4,9-10,27H2,1-3H3,(H,28,29,30,32)/b19-15+,26-13?. The molecule has 1 aliphatic carbocycles. The van der Waals surface area contributed by atoms with Gasteiger partial charge in [0, 0.05) is 60.7 Å². The van der Waals surface area contributed by atoms with Crippen LogP contribution in [0.15, 0.2) is 48.4 Å². The van der Waals surface area contributed by atoms with E-state index in [4.69, 9.17) is 21.2 Å². The molecule has 3 aromatic heterocycles. The summed E-state index contributed by atoms with van der Waals surface area (Å²) in [7, 11) is 1.96. The molecule has 1 aromatic carbocycles. The van der Waals surface area contributed by atoms with E-state index in [0.29, 0.717) is 17.5 Å². The van der Waals surface area contributed by atoms with Crippen LogP contribution in [0.2, 0.25) is 0 Å². The number of nitrogens with two attached hydrogens (primary N) is 1. The molecule has 1 aliphatic rings. The summed E-state index contributed by atoms with van der Waals surface area (Å²) in [6.45, 7) is 4.65. The Morgan fingerprint density at radius 1 is 1.18 bits per heavy atom. The minimum absolute atomic E-state index is 0.511. The molecule has 0 aliphatic heterocycles. The second-order valence-corrected chi connectivity index (χ2v) is 8.36. The number of nitrogens with zero attached hydrogens (tertiary/aromatic N) is 6. The van der Waals surface area contributed by atoms with Crippen LogP contribution in [0, 0.1) is 5.41 Å². The van der Waals surface area contributed by atoms with Gasteiger partial charge >= 0.3 is 0 Å². The third-order valence-electron chi connectivity index (χ3n) is 6.10. The van der Waals surface area contributed by atoms with Crippen molar-refractivity contribution in [3.63, 3.8) is 0 Å². The van der Waals surface area contributed by atoms with Crippen LogP contribution in [-0.2, 0) is 26.4 Å². The molecule has 3 heterocycles. The number of anilines is 2. The summed E-state index contributed by atoms with van der Waals surface area (Å²) in [5.41, 5.74) is 14.3. The highest BCUT2D eigenvalue weighted by Gasteiger charge is 2.27. The lowest BCUT2D eigenvalue weighted by Crippen LogP contribution is -2.09. The molecule has 0 bridgehead atoms. The van der Waals surface area contributed by atoms with Gasteiger partial charge in [0.05, 0.1) is 17.1 Å². The highest BCUT2D eigenvalue weighted by Crippen LogP contribution is 2.39. The van der Waals surface area contributed by atoms with Crippen LogP contribution in [0.3, 0.4) is 0 Å². The summed E-state index contributed by atoms with van der Waals surface area (Å²) >= 11 is 0. The molecule has 0 amide bonds. The van der Waals surface area contributed by atoms with Gasteiger partial charge in [0.1, 0.15) is 0 Å². The lowest BCUT2D eigenvalue weighted by Gasteiger charge is -2.17. The van der Waals surface area contributed by atoms with Crippen molar-refractivity contribution in [3.8, 4) is 22.5 Å². The fraction of sp³-hybridized carbons (Fsp3) is 0.240. The van der Waals surface area contributed by atoms with Gasteiger partial charge in [-0.3, -0.25) is 9.36 Å². The molecule has 0 atom stereocenters. The van der Waals surface area contributed by atoms with Crippen LogP contribution in [0.25, 0.3) is 28.1 Å². The molecule has 0 unspecified atom stereocenters. The number of aromatic nitrogens is 6. The average Bonchev–Trinajstić information content (AvgIpc) is 3.43. The maximum absolute atomic E-state index is 7.67. The molecular weight excluding hydrogens is 426 g/mol. The van der Waals surface area contributed by atoms with Crippen LogP contribution in [0.5, 0.6) is 0 Å². The van der Waals surface area contributed by atoms with Gasteiger partial charge in [0.15, 0.2) is 5.82 Å². The molecule has 172 valence electrons. The summed E-state index contributed by atoms with van der Waals surface area (Å²) in [5, 5.41) is 20.2. The van der Waals surface area contributed by atoms with E-state index in [9.17, 15) is 0 Å². The van der Waals surface area contributed by atoms with Crippen molar-refractivity contribution < 1.29 is 0 Å². The van der Waals surface area contributed by atoms with E-state index in [1.165, 1.54) is 6.21 Å². The van der Waals surface area contributed by atoms with Gasteiger partial charge in [-0.1, -0.05) is 24.3 Å². The monoisotopic (exact) mass is 453 g/mol. The summed E-state index contributed by atoms with van der Waals surface area (Å²) < 4.78 is 3.78. The number of hydrogen-bond acceptors (Lipinski definition) is 7. The molecular formula is C25H27N9. The zero-order valence-electron chi connectivity index (χ0n) is 19.5. The first-order valence-corrected chi connectivity index (χ1v) is 11.3. The largest absolute Gasteiger partial charge is 0.402 e. The second-order valence-electron chi connectivity index (χ2n) is 8.36. The van der Waals surface area contributed by atoms with E-state index < -0.39 is 0 Å². The molecule has 5 rings (SSSR count). The minimum Gasteiger partial charge on any atom is -0.402 e. The lowest BCUT2D eigenvalue weighted by atomic mass is 9.91. The van der Waals surface area contributed by atoms with E-state index >= 15 is 0 Å². The van der Waals surface area contributed by atoms with Crippen LogP contribution < -0.4 is 11.1 Å². The molecule has 4 N–H and O–H groups in total. The minimum atomic E-state index is 0.511. The van der Waals surface area contributed by atoms with Gasteiger partial charge < -0.3 is 16.5 Å². The predicted octanol–water partition coefficient (Wildman–Crippen LogP) is 3.94. The van der Waals surface area contributed by atoms with Gasteiger partial charge in [0.2, 0.25) is 5.95 Å². The summed E-state index contributed by atoms with van der Waals surface area (Å²) in [4.78, 5) is 9.41. The number of benzene rings is 1. The molecule has 4 aromatic rings. The maximum Gasteiger partial charge on any atom is 0.228 e. The van der Waals surface area contributed by atoms with Crippen molar-refractivity contribution in [2.75, 3.05) is 5.32 Å². The molecule has 0 radical (unpaired) electrons. The SMILES string of the molecule is CCn1ccc(Nc2ncc3c(n2)-c2c(nn(C)c2-c2ccc(/C(C=N)=C(\C)N)cc2)CC3)n1. The van der Waals surface area contributed by atoms with Crippen molar-refractivity contribution in [1.82, 2.24) is 29.5 Å². The summed E-state index contributed by atoms with van der Waals surface area (Å²) in [5.74, 6) is 1.22. The number of fused-ring (bicyclic) bond motifs is 3. The number of hydrogen-bond donors (Lipinski definition) is 3. The molecule has 34 heavy (non-hydrogen) atoms. The molecule has 0 spiro atoms. The number of rotatable bonds is 6. The van der Waals surface area contributed by atoms with E-state index in [-0.39, 0.29) is 0 Å². The molecule has 0 fully saturated rings. The topological polar surface area (TPSA) is 123 Å². The van der Waals surface area contributed by atoms with E-state index in [0.717, 1.165) is 64.3 Å². The Morgan fingerprint density at radius 2 is 1.97 bits per heavy atom. The zero-order valence-corrected chi connectivity index (χ0v) is 19.5. The van der Waals surface area contributed by atoms with Crippen molar-refractivity contribution in [2.24, 2.45) is 12.8 Å². The van der Waals surface area contributed by atoms with Crippen molar-refractivity contribution in [1.29, 1.82) is 5.41 Å². The van der Waals surface area contributed by atoms with Crippen molar-refractivity contribution in [2.45, 2.75) is 33.2 Å². The smallest absolute Gasteiger partial charge is 0.228 e. The first-order chi connectivity index (χ1) is 16.5. The van der Waals surface area contributed by atoms with Crippen molar-refractivity contribution >= 4 is 23.6 Å². The lowest BCUT2D eigenvalue weighted by molar-refractivity contribution is 0.662. The quantitative estimate of drug-likeness (QED) is 0.380. The number of nitrogens with one attached hydrogen (secondary N) is 2. The molecule has 0 saturated heterocycles. The first kappa shape index (κ1) is 21.6. The van der Waals surface area contributed by atoms with Crippen LogP contribution in [0.1, 0.15) is 30.7 Å². The van der Waals surface area contributed by atoms with Crippen LogP contribution in [0.4, 0.5) is 11.8 Å². The average molecular weight is 454 g/mol. The number of aryl methyl sites for hydroxylation is 4. The first-order valence-electron chi connectivity index (χ1n) is 11.3. The molecule has 9 heteroatoms. The van der Waals surface area contributed by atoms with Gasteiger partial charge in [-0.05, 0) is 37.8 Å². The highest BCUT2D eigenvalue weighted by molar-refractivity contribution is 6.09. The second kappa shape index (κ2) is 8.58. The number of allylic oxidation sites excluding steroid dienone is 2. The predicted molar refractivity (Wildman–Crippen MR) is 134 cm³/mol. The fourth-order valence-corrected chi connectivity index (χ4v) is 4.41. The van der Waals surface area contributed by atoms with Crippen LogP contribution >= 0.6 is 0 Å². The van der Waals surface area contributed by atoms with Crippen molar-refractivity contribution in [3.05, 3.63) is 65.2 Å². The zero-order chi connectivity index (χ0) is 23.8. The Kier molecular flexibility index (Phi) is 5.45. The van der Waals surface area contributed by atoms with Crippen LogP contribution in [-0.4, -0.2) is 35.7 Å². The highest BCUT2D eigenvalue weighted by atomic mass is 15.3. The maximum atomic E-state index is 7.67. The van der Waals surface area contributed by atoms with Gasteiger partial charge in [-0.2, -0.15) is 10.2 Å². The Balaban J connectivity index is 1.56. The van der Waals surface area contributed by atoms with E-state index in [1.54, 1.807) is 6.92 Å². The normalized spacial score (nSPS) is 13.1. The Labute approximate surface area is 197 Å². The van der Waals surface area contributed by atoms with Gasteiger partial charge in [0.25, 0.3) is 0 Å². The van der Waals surface area contributed by atoms with E-state index in [1.807, 2.05) is 66.1 Å². The summed E-state index contributed by atoms with van der Waals surface area (Å²) in [6, 6.07) is 9.99. The fourth-order valence-electron chi connectivity index (χ4n) is 4.41. The van der Waals surface area contributed by atoms with E-state index in [2.05, 4.69) is 15.4 Å². The molecule has 9 nitrogen and oxygen atoms in total. The Bertz CT molecular complexity index is 1400. The summed E-state index contributed by atoms with van der Waals surface area (Å²) in [6.07, 6.45) is 6.81. The van der Waals surface area contributed by atoms with Gasteiger partial charge in [-0.25, -0.2) is 9.97 Å². The third kappa shape index (κ3) is 3.75. The third-order valence-corrected chi connectivity index (χ3v) is 6.10. The Hall–Kier alpha value is -4.27. The Morgan fingerprint density at radius 3 is 2.65 bits per heavy atom. The molecule has 0 saturated carbocycles.